The summed E-state index contributed by atoms with van der Waals surface area (Å²) in [5, 5.41) is 11.7. The molecule has 5 nitrogen and oxygen atoms in total. The number of hydrogen-bond acceptors (Lipinski definition) is 3. The van der Waals surface area contributed by atoms with E-state index in [2.05, 4.69) is 5.32 Å². The van der Waals surface area contributed by atoms with Gasteiger partial charge in [-0.2, -0.15) is 0 Å². The summed E-state index contributed by atoms with van der Waals surface area (Å²) in [5.41, 5.74) is 0.633. The molecule has 1 aliphatic rings. The largest absolute Gasteiger partial charge is 0.481 e. The van der Waals surface area contributed by atoms with Gasteiger partial charge in [0.05, 0.1) is 6.04 Å². The Balaban J connectivity index is 2.07. The molecule has 1 aliphatic heterocycles. The third-order valence-electron chi connectivity index (χ3n) is 3.08. The summed E-state index contributed by atoms with van der Waals surface area (Å²) >= 11 is 0. The van der Waals surface area contributed by atoms with E-state index in [1.54, 1.807) is 17.0 Å². The van der Waals surface area contributed by atoms with Gasteiger partial charge in [-0.05, 0) is 30.7 Å². The van der Waals surface area contributed by atoms with Gasteiger partial charge in [0.25, 0.3) is 0 Å². The number of hydrogen-bond donors (Lipinski definition) is 2. The van der Waals surface area contributed by atoms with E-state index in [0.29, 0.717) is 18.8 Å². The minimum Gasteiger partial charge on any atom is -0.481 e. The molecule has 1 aromatic rings. The van der Waals surface area contributed by atoms with Gasteiger partial charge in [-0.15, -0.1) is 0 Å². The number of nitrogens with zero attached hydrogens (tertiary/aromatic N) is 1. The minimum atomic E-state index is -0.923. The van der Waals surface area contributed by atoms with Crippen LogP contribution < -0.4 is 10.2 Å². The zero-order valence-corrected chi connectivity index (χ0v) is 10.3. The second-order valence-corrected chi connectivity index (χ2v) is 4.41. The molecule has 1 aromatic carbocycles. The smallest absolute Gasteiger partial charge is 0.303 e. The van der Waals surface area contributed by atoms with E-state index in [-0.39, 0.29) is 24.6 Å². The molecule has 0 aromatic heterocycles. The van der Waals surface area contributed by atoms with Crippen LogP contribution in [0.2, 0.25) is 0 Å². The van der Waals surface area contributed by atoms with Crippen LogP contribution in [0, 0.1) is 5.82 Å². The van der Waals surface area contributed by atoms with E-state index >= 15 is 0 Å². The summed E-state index contributed by atoms with van der Waals surface area (Å²) in [6.45, 7) is 1.08. The Morgan fingerprint density at radius 3 is 2.74 bits per heavy atom. The number of amides is 1. The van der Waals surface area contributed by atoms with Crippen LogP contribution in [0.4, 0.5) is 10.1 Å². The van der Waals surface area contributed by atoms with E-state index in [9.17, 15) is 14.0 Å². The molecule has 2 N–H and O–H groups in total. The van der Waals surface area contributed by atoms with Crippen molar-refractivity contribution in [3.8, 4) is 0 Å². The Bertz CT molecular complexity index is 475. The maximum Gasteiger partial charge on any atom is 0.303 e. The van der Waals surface area contributed by atoms with E-state index in [4.69, 9.17) is 5.11 Å². The molecule has 6 heteroatoms. The number of carbonyl (C=O) groups excluding carboxylic acids is 1. The number of benzene rings is 1. The molecular formula is C13H15FN2O3. The van der Waals surface area contributed by atoms with Gasteiger partial charge < -0.3 is 15.3 Å². The number of halogens is 1. The topological polar surface area (TPSA) is 69.6 Å². The summed E-state index contributed by atoms with van der Waals surface area (Å²) in [5.74, 6) is -1.44. The highest BCUT2D eigenvalue weighted by Gasteiger charge is 2.29. The average molecular weight is 266 g/mol. The fourth-order valence-electron chi connectivity index (χ4n) is 2.11. The van der Waals surface area contributed by atoms with E-state index in [1.165, 1.54) is 12.1 Å². The van der Waals surface area contributed by atoms with Crippen LogP contribution in [0.5, 0.6) is 0 Å². The zero-order valence-electron chi connectivity index (χ0n) is 10.3. The lowest BCUT2D eigenvalue weighted by Gasteiger charge is -2.33. The predicted octanol–water partition coefficient (Wildman–Crippen LogP) is 0.995. The molecule has 1 unspecified atom stereocenters. The Morgan fingerprint density at radius 1 is 1.42 bits per heavy atom. The fraction of sp³-hybridized carbons (Fsp3) is 0.385. The van der Waals surface area contributed by atoms with Crippen LogP contribution in [0.25, 0.3) is 0 Å². The van der Waals surface area contributed by atoms with Crippen molar-refractivity contribution in [2.24, 2.45) is 0 Å². The monoisotopic (exact) mass is 266 g/mol. The van der Waals surface area contributed by atoms with Crippen molar-refractivity contribution in [3.63, 3.8) is 0 Å². The first kappa shape index (κ1) is 13.5. The fourth-order valence-corrected chi connectivity index (χ4v) is 2.11. The highest BCUT2D eigenvalue weighted by molar-refractivity contribution is 5.98. The molecule has 1 saturated heterocycles. The van der Waals surface area contributed by atoms with Gasteiger partial charge in [-0.25, -0.2) is 4.39 Å². The van der Waals surface area contributed by atoms with Crippen molar-refractivity contribution in [3.05, 3.63) is 30.1 Å². The molecule has 1 fully saturated rings. The highest BCUT2D eigenvalue weighted by Crippen LogP contribution is 2.18. The normalized spacial score (nSPS) is 19.5. The van der Waals surface area contributed by atoms with Gasteiger partial charge in [0.1, 0.15) is 5.82 Å². The Hall–Kier alpha value is -1.95. The van der Waals surface area contributed by atoms with Crippen LogP contribution in [0.15, 0.2) is 24.3 Å². The molecule has 2 rings (SSSR count). The third-order valence-corrected chi connectivity index (χ3v) is 3.08. The maximum absolute atomic E-state index is 12.9. The Morgan fingerprint density at radius 2 is 2.11 bits per heavy atom. The number of rotatable bonds is 4. The first-order valence-corrected chi connectivity index (χ1v) is 6.10. The number of carbonyl (C=O) groups is 2. The third kappa shape index (κ3) is 3.29. The summed E-state index contributed by atoms with van der Waals surface area (Å²) < 4.78 is 12.9. The van der Waals surface area contributed by atoms with Crippen LogP contribution in [0.3, 0.4) is 0 Å². The second kappa shape index (κ2) is 5.79. The number of piperazine rings is 1. The van der Waals surface area contributed by atoms with Gasteiger partial charge in [0.15, 0.2) is 0 Å². The van der Waals surface area contributed by atoms with Crippen molar-refractivity contribution in [1.82, 2.24) is 5.32 Å². The van der Waals surface area contributed by atoms with Gasteiger partial charge in [0, 0.05) is 25.2 Å². The van der Waals surface area contributed by atoms with Crippen LogP contribution in [-0.2, 0) is 9.59 Å². The molecule has 1 amide bonds. The average Bonchev–Trinajstić information content (AvgIpc) is 2.39. The van der Waals surface area contributed by atoms with E-state index in [1.807, 2.05) is 0 Å². The highest BCUT2D eigenvalue weighted by atomic mass is 19.1. The SMILES string of the molecule is O=C(O)CCC1NCCN(c2ccc(F)cc2)C1=O. The standard InChI is InChI=1S/C13H15FN2O3/c14-9-1-3-10(4-2-9)16-8-7-15-11(13(16)19)5-6-12(17)18/h1-4,11,15H,5-8H2,(H,17,18). The lowest BCUT2D eigenvalue weighted by molar-refractivity contribution is -0.137. The Labute approximate surface area is 110 Å². The summed E-state index contributed by atoms with van der Waals surface area (Å²) in [7, 11) is 0. The molecule has 19 heavy (non-hydrogen) atoms. The number of carboxylic acids is 1. The van der Waals surface area contributed by atoms with Crippen molar-refractivity contribution in [1.29, 1.82) is 0 Å². The predicted molar refractivity (Wildman–Crippen MR) is 67.4 cm³/mol. The summed E-state index contributed by atoms with van der Waals surface area (Å²) in [4.78, 5) is 24.3. The molecule has 0 aliphatic carbocycles. The molecule has 1 heterocycles. The van der Waals surface area contributed by atoms with Crippen molar-refractivity contribution in [2.75, 3.05) is 18.0 Å². The van der Waals surface area contributed by atoms with Crippen molar-refractivity contribution < 1.29 is 19.1 Å². The number of carboxylic acid groups (broad SMARTS) is 1. The van der Waals surface area contributed by atoms with Crippen LogP contribution in [0.1, 0.15) is 12.8 Å². The van der Waals surface area contributed by atoms with E-state index < -0.39 is 12.0 Å². The number of aliphatic carboxylic acids is 1. The number of nitrogens with one attached hydrogen (secondary N) is 1. The molecule has 0 radical (unpaired) electrons. The van der Waals surface area contributed by atoms with Gasteiger partial charge in [-0.3, -0.25) is 9.59 Å². The quantitative estimate of drug-likeness (QED) is 0.853. The van der Waals surface area contributed by atoms with E-state index in [0.717, 1.165) is 0 Å². The van der Waals surface area contributed by atoms with Gasteiger partial charge >= 0.3 is 5.97 Å². The molecule has 0 saturated carbocycles. The second-order valence-electron chi connectivity index (χ2n) is 4.41. The maximum atomic E-state index is 12.9. The lowest BCUT2D eigenvalue weighted by atomic mass is 10.1. The zero-order chi connectivity index (χ0) is 13.8. The summed E-state index contributed by atoms with van der Waals surface area (Å²) in [6, 6.07) is 5.21. The van der Waals surface area contributed by atoms with Gasteiger partial charge in [0.2, 0.25) is 5.91 Å². The lowest BCUT2D eigenvalue weighted by Crippen LogP contribution is -2.55. The van der Waals surface area contributed by atoms with Gasteiger partial charge in [-0.1, -0.05) is 0 Å². The number of anilines is 1. The van der Waals surface area contributed by atoms with Crippen LogP contribution >= 0.6 is 0 Å². The molecule has 1 atom stereocenters. The summed E-state index contributed by atoms with van der Waals surface area (Å²) in [6.07, 6.45) is 0.201. The van der Waals surface area contributed by atoms with Crippen molar-refractivity contribution in [2.45, 2.75) is 18.9 Å². The van der Waals surface area contributed by atoms with Crippen molar-refractivity contribution >= 4 is 17.6 Å². The van der Waals surface area contributed by atoms with Crippen LogP contribution in [-0.4, -0.2) is 36.1 Å². The molecule has 102 valence electrons. The first-order valence-electron chi connectivity index (χ1n) is 6.10. The molecular weight excluding hydrogens is 251 g/mol. The molecule has 0 bridgehead atoms. The Kier molecular flexibility index (Phi) is 4.11. The molecule has 0 spiro atoms. The first-order chi connectivity index (χ1) is 9.08. The minimum absolute atomic E-state index is 0.0549.